The molecule has 0 fully saturated rings. The molecular formula is C21H18N3O4-. The highest BCUT2D eigenvalue weighted by molar-refractivity contribution is 5.93. The number of amides is 1. The average Bonchev–Trinajstić information content (AvgIpc) is 2.72. The SMILES string of the molecule is CCC(=O)N[C@H](/C=C/c1ccccc1)c1cc([N+](=O)[O-])c2cccnc2c1[O-]. The third kappa shape index (κ3) is 3.98. The minimum Gasteiger partial charge on any atom is -0.871 e. The number of nitrogens with zero attached hydrogens (tertiary/aromatic N) is 2. The van der Waals surface area contributed by atoms with Crippen molar-refractivity contribution in [3.63, 3.8) is 0 Å². The highest BCUT2D eigenvalue weighted by Crippen LogP contribution is 2.36. The van der Waals surface area contributed by atoms with Crippen LogP contribution < -0.4 is 10.4 Å². The molecular weight excluding hydrogens is 358 g/mol. The van der Waals surface area contributed by atoms with Crippen LogP contribution in [0.1, 0.15) is 30.5 Å². The normalized spacial score (nSPS) is 12.2. The molecule has 142 valence electrons. The lowest BCUT2D eigenvalue weighted by Crippen LogP contribution is -2.27. The average molecular weight is 376 g/mol. The van der Waals surface area contributed by atoms with Crippen molar-refractivity contribution in [3.8, 4) is 5.75 Å². The molecule has 0 aliphatic heterocycles. The largest absolute Gasteiger partial charge is 0.871 e. The Bertz CT molecular complexity index is 1050. The summed E-state index contributed by atoms with van der Waals surface area (Å²) < 4.78 is 0. The Labute approximate surface area is 161 Å². The van der Waals surface area contributed by atoms with Crippen LogP contribution in [0.25, 0.3) is 17.0 Å². The molecule has 7 nitrogen and oxygen atoms in total. The van der Waals surface area contributed by atoms with Gasteiger partial charge in [-0.1, -0.05) is 55.2 Å². The van der Waals surface area contributed by atoms with Crippen LogP contribution in [0.5, 0.6) is 5.75 Å². The van der Waals surface area contributed by atoms with Crippen molar-refractivity contribution in [3.05, 3.63) is 82.0 Å². The fraction of sp³-hybridized carbons (Fsp3) is 0.143. The number of hydrogen-bond donors (Lipinski definition) is 1. The molecule has 0 bridgehead atoms. The van der Waals surface area contributed by atoms with Gasteiger partial charge in [-0.05, 0) is 23.3 Å². The third-order valence-electron chi connectivity index (χ3n) is 4.30. The number of nitrogens with one attached hydrogen (secondary N) is 1. The molecule has 0 unspecified atom stereocenters. The number of non-ortho nitro benzene ring substituents is 1. The van der Waals surface area contributed by atoms with Crippen molar-refractivity contribution in [1.82, 2.24) is 10.3 Å². The maximum absolute atomic E-state index is 13.0. The summed E-state index contributed by atoms with van der Waals surface area (Å²) >= 11 is 0. The van der Waals surface area contributed by atoms with Crippen LogP contribution in [-0.4, -0.2) is 15.8 Å². The lowest BCUT2D eigenvalue weighted by atomic mass is 9.99. The molecule has 3 rings (SSSR count). The summed E-state index contributed by atoms with van der Waals surface area (Å²) in [4.78, 5) is 27.0. The summed E-state index contributed by atoms with van der Waals surface area (Å²) in [5.74, 6) is -0.716. The second-order valence-corrected chi connectivity index (χ2v) is 6.14. The number of benzene rings is 2. The van der Waals surface area contributed by atoms with E-state index in [4.69, 9.17) is 0 Å². The third-order valence-corrected chi connectivity index (χ3v) is 4.30. The maximum atomic E-state index is 13.0. The Morgan fingerprint density at radius 2 is 2.00 bits per heavy atom. The Morgan fingerprint density at radius 1 is 1.25 bits per heavy atom. The van der Waals surface area contributed by atoms with Gasteiger partial charge < -0.3 is 10.4 Å². The first-order valence-corrected chi connectivity index (χ1v) is 8.77. The van der Waals surface area contributed by atoms with E-state index >= 15 is 0 Å². The van der Waals surface area contributed by atoms with Crippen LogP contribution in [0.4, 0.5) is 5.69 Å². The summed E-state index contributed by atoms with van der Waals surface area (Å²) in [5, 5.41) is 27.4. The molecule has 0 aliphatic rings. The highest BCUT2D eigenvalue weighted by Gasteiger charge is 2.20. The zero-order chi connectivity index (χ0) is 20.1. The van der Waals surface area contributed by atoms with E-state index in [1.54, 1.807) is 25.1 Å². The van der Waals surface area contributed by atoms with E-state index in [1.165, 1.54) is 18.3 Å². The van der Waals surface area contributed by atoms with Gasteiger partial charge in [-0.25, -0.2) is 0 Å². The molecule has 0 saturated carbocycles. The van der Waals surface area contributed by atoms with Gasteiger partial charge in [0.25, 0.3) is 5.69 Å². The van der Waals surface area contributed by atoms with Gasteiger partial charge in [0.1, 0.15) is 0 Å². The van der Waals surface area contributed by atoms with E-state index < -0.39 is 16.7 Å². The number of nitro benzene ring substituents is 1. The number of rotatable bonds is 6. The number of aromatic nitrogens is 1. The van der Waals surface area contributed by atoms with E-state index in [9.17, 15) is 20.0 Å². The van der Waals surface area contributed by atoms with E-state index in [0.29, 0.717) is 0 Å². The highest BCUT2D eigenvalue weighted by atomic mass is 16.6. The Balaban J connectivity index is 2.14. The molecule has 0 saturated heterocycles. The molecule has 1 amide bonds. The van der Waals surface area contributed by atoms with Crippen molar-refractivity contribution in [2.75, 3.05) is 0 Å². The molecule has 0 radical (unpaired) electrons. The predicted octanol–water partition coefficient (Wildman–Crippen LogP) is 3.50. The number of fused-ring (bicyclic) bond motifs is 1. The molecule has 3 aromatic rings. The fourth-order valence-electron chi connectivity index (χ4n) is 2.88. The standard InChI is InChI=1S/C21H19N3O4/c1-2-19(25)23-17(11-10-14-7-4-3-5-8-14)16-13-18(24(27)28)15-9-6-12-22-20(15)21(16)26/h3-13,17,26H,2H2,1H3,(H,23,25)/p-1/b11-10+/t17-/m1/s1. The van der Waals surface area contributed by atoms with Crippen LogP contribution >= 0.6 is 0 Å². The minimum atomic E-state index is -0.815. The quantitative estimate of drug-likeness (QED) is 0.523. The van der Waals surface area contributed by atoms with Crippen LogP contribution in [0, 0.1) is 10.1 Å². The topological polar surface area (TPSA) is 108 Å². The molecule has 1 aromatic heterocycles. The zero-order valence-corrected chi connectivity index (χ0v) is 15.2. The molecule has 1 heterocycles. The molecule has 0 aliphatic carbocycles. The lowest BCUT2D eigenvalue weighted by Gasteiger charge is -2.23. The van der Waals surface area contributed by atoms with E-state index in [-0.39, 0.29) is 34.5 Å². The maximum Gasteiger partial charge on any atom is 0.279 e. The van der Waals surface area contributed by atoms with Gasteiger partial charge in [0.2, 0.25) is 5.91 Å². The van der Waals surface area contributed by atoms with Crippen molar-refractivity contribution in [1.29, 1.82) is 0 Å². The second kappa shape index (κ2) is 8.30. The second-order valence-electron chi connectivity index (χ2n) is 6.14. The zero-order valence-electron chi connectivity index (χ0n) is 15.2. The number of carbonyl (C=O) groups excluding carboxylic acids is 1. The first-order chi connectivity index (χ1) is 13.5. The predicted molar refractivity (Wildman–Crippen MR) is 104 cm³/mol. The van der Waals surface area contributed by atoms with Gasteiger partial charge in [0.05, 0.1) is 21.9 Å². The molecule has 2 aromatic carbocycles. The monoisotopic (exact) mass is 376 g/mol. The summed E-state index contributed by atoms with van der Waals surface area (Å²) in [6.45, 7) is 1.69. The summed E-state index contributed by atoms with van der Waals surface area (Å²) in [5.41, 5.74) is 0.767. The van der Waals surface area contributed by atoms with E-state index in [0.717, 1.165) is 5.56 Å². The number of nitro groups is 1. The van der Waals surface area contributed by atoms with Crippen molar-refractivity contribution in [2.45, 2.75) is 19.4 Å². The smallest absolute Gasteiger partial charge is 0.279 e. The van der Waals surface area contributed by atoms with Gasteiger partial charge in [0, 0.05) is 18.7 Å². The van der Waals surface area contributed by atoms with Crippen LogP contribution in [0.3, 0.4) is 0 Å². The minimum absolute atomic E-state index is 0.00978. The molecule has 0 spiro atoms. The summed E-state index contributed by atoms with van der Waals surface area (Å²) in [7, 11) is 0. The van der Waals surface area contributed by atoms with Gasteiger partial charge in [-0.2, -0.15) is 0 Å². The summed E-state index contributed by atoms with van der Waals surface area (Å²) in [6, 6.07) is 12.8. The lowest BCUT2D eigenvalue weighted by molar-refractivity contribution is -0.383. The van der Waals surface area contributed by atoms with Crippen LogP contribution in [0.15, 0.2) is 60.8 Å². The van der Waals surface area contributed by atoms with Crippen molar-refractivity contribution in [2.24, 2.45) is 0 Å². The van der Waals surface area contributed by atoms with Gasteiger partial charge in [0.15, 0.2) is 0 Å². The molecule has 7 heteroatoms. The van der Waals surface area contributed by atoms with Gasteiger partial charge in [-0.3, -0.25) is 19.9 Å². The van der Waals surface area contributed by atoms with Crippen LogP contribution in [0.2, 0.25) is 0 Å². The molecule has 1 N–H and O–H groups in total. The van der Waals surface area contributed by atoms with Crippen molar-refractivity contribution < 1.29 is 14.8 Å². The number of pyridine rings is 1. The molecule has 1 atom stereocenters. The molecule has 28 heavy (non-hydrogen) atoms. The fourth-order valence-corrected chi connectivity index (χ4v) is 2.88. The van der Waals surface area contributed by atoms with Crippen molar-refractivity contribution >= 4 is 28.6 Å². The van der Waals surface area contributed by atoms with Gasteiger partial charge >= 0.3 is 0 Å². The Hall–Kier alpha value is -3.74. The van der Waals surface area contributed by atoms with Gasteiger partial charge in [-0.15, -0.1) is 0 Å². The number of carbonyl (C=O) groups is 1. The van der Waals surface area contributed by atoms with Crippen LogP contribution in [-0.2, 0) is 4.79 Å². The number of hydrogen-bond acceptors (Lipinski definition) is 5. The summed E-state index contributed by atoms with van der Waals surface area (Å²) in [6.07, 6.45) is 5.04. The van der Waals surface area contributed by atoms with E-state index in [1.807, 2.05) is 30.3 Å². The van der Waals surface area contributed by atoms with E-state index in [2.05, 4.69) is 10.3 Å². The Morgan fingerprint density at radius 3 is 2.68 bits per heavy atom. The Kier molecular flexibility index (Phi) is 5.64. The first-order valence-electron chi connectivity index (χ1n) is 8.77. The first kappa shape index (κ1) is 19.0.